The normalized spacial score (nSPS) is 11.4. The van der Waals surface area contributed by atoms with Gasteiger partial charge in [0.15, 0.2) is 15.5 Å². The van der Waals surface area contributed by atoms with Crippen LogP contribution in [0.5, 0.6) is 0 Å². The van der Waals surface area contributed by atoms with Crippen LogP contribution in [0.4, 0.5) is 4.79 Å². The monoisotopic (exact) mass is 591 g/mol. The van der Waals surface area contributed by atoms with E-state index in [0.29, 0.717) is 21.8 Å². The maximum Gasteiger partial charge on any atom is 0.408 e. The molecule has 0 radical (unpaired) electrons. The molecule has 0 aliphatic heterocycles. The second-order valence-electron chi connectivity index (χ2n) is 9.26. The summed E-state index contributed by atoms with van der Waals surface area (Å²) in [4.78, 5) is 24.2. The van der Waals surface area contributed by atoms with E-state index in [-0.39, 0.29) is 34.5 Å². The van der Waals surface area contributed by atoms with Crippen molar-refractivity contribution in [1.29, 1.82) is 0 Å². The lowest BCUT2D eigenvalue weighted by Gasteiger charge is -2.19. The van der Waals surface area contributed by atoms with E-state index in [9.17, 15) is 18.0 Å². The largest absolute Gasteiger partial charge is 0.461 e. The van der Waals surface area contributed by atoms with Gasteiger partial charge in [-0.05, 0) is 58.0 Å². The molecule has 0 bridgehead atoms. The highest BCUT2D eigenvalue weighted by Crippen LogP contribution is 2.35. The van der Waals surface area contributed by atoms with Crippen LogP contribution >= 0.6 is 23.2 Å². The number of benzene rings is 2. The molecule has 3 aromatic rings. The van der Waals surface area contributed by atoms with Gasteiger partial charge < -0.3 is 14.8 Å². The van der Waals surface area contributed by atoms with Crippen LogP contribution in [-0.2, 0) is 19.3 Å². The standard InChI is InChI=1S/C27H27Cl2N3O6S/c1-6-37-25(33)22-24(39(5,35)36)23(18-10-12-19(28)13-11-18)32(31-22)21-14-9-17(16-20(21)29)8-7-15-30-26(34)38-27(2,3)4/h9-14,16H,6,15H2,1-5H3,(H,30,34). The second-order valence-corrected chi connectivity index (χ2v) is 12.1. The summed E-state index contributed by atoms with van der Waals surface area (Å²) in [6.07, 6.45) is 0.403. The summed E-state index contributed by atoms with van der Waals surface area (Å²) in [5.74, 6) is 4.82. The molecule has 1 heterocycles. The van der Waals surface area contributed by atoms with Crippen LogP contribution in [0, 0.1) is 11.8 Å². The van der Waals surface area contributed by atoms with Crippen molar-refractivity contribution in [2.45, 2.75) is 38.2 Å². The van der Waals surface area contributed by atoms with E-state index in [0.717, 1.165) is 6.26 Å². The first-order valence-corrected chi connectivity index (χ1v) is 14.4. The lowest BCUT2D eigenvalue weighted by atomic mass is 10.1. The van der Waals surface area contributed by atoms with Gasteiger partial charge in [-0.3, -0.25) is 0 Å². The van der Waals surface area contributed by atoms with Gasteiger partial charge in [-0.15, -0.1) is 0 Å². The molecule has 2 aromatic carbocycles. The summed E-state index contributed by atoms with van der Waals surface area (Å²) in [5.41, 5.74) is 0.416. The predicted octanol–water partition coefficient (Wildman–Crippen LogP) is 5.30. The zero-order valence-corrected chi connectivity index (χ0v) is 24.3. The van der Waals surface area contributed by atoms with Gasteiger partial charge in [-0.1, -0.05) is 47.2 Å². The number of hydrogen-bond acceptors (Lipinski definition) is 7. The third-order valence-electron chi connectivity index (χ3n) is 4.93. The Hall–Kier alpha value is -3.52. The molecule has 0 saturated carbocycles. The third kappa shape index (κ3) is 7.76. The second kappa shape index (κ2) is 12.1. The lowest BCUT2D eigenvalue weighted by molar-refractivity contribution is 0.0510. The Morgan fingerprint density at radius 1 is 1.10 bits per heavy atom. The molecular formula is C27H27Cl2N3O6S. The molecule has 3 rings (SSSR count). The first-order chi connectivity index (χ1) is 18.2. The van der Waals surface area contributed by atoms with E-state index < -0.39 is 27.5 Å². The van der Waals surface area contributed by atoms with Crippen LogP contribution in [-0.4, -0.2) is 55.3 Å². The molecule has 12 heteroatoms. The summed E-state index contributed by atoms with van der Waals surface area (Å²) >= 11 is 12.6. The first kappa shape index (κ1) is 30.0. The molecular weight excluding hydrogens is 565 g/mol. The Morgan fingerprint density at radius 2 is 1.77 bits per heavy atom. The zero-order chi connectivity index (χ0) is 29.0. The van der Waals surface area contributed by atoms with Gasteiger partial charge in [0.25, 0.3) is 0 Å². The average molecular weight is 593 g/mol. The number of esters is 1. The van der Waals surface area contributed by atoms with Crippen LogP contribution in [0.15, 0.2) is 47.4 Å². The third-order valence-corrected chi connectivity index (χ3v) is 6.61. The Morgan fingerprint density at radius 3 is 2.33 bits per heavy atom. The molecule has 1 aromatic heterocycles. The molecule has 0 aliphatic rings. The van der Waals surface area contributed by atoms with Crippen LogP contribution in [0.3, 0.4) is 0 Å². The predicted molar refractivity (Wildman–Crippen MR) is 149 cm³/mol. The molecule has 0 spiro atoms. The number of halogens is 2. The Labute approximate surface area is 237 Å². The number of ether oxygens (including phenoxy) is 2. The fourth-order valence-corrected chi connectivity index (χ4v) is 4.87. The summed E-state index contributed by atoms with van der Waals surface area (Å²) < 4.78 is 37.3. The fraction of sp³-hybridized carbons (Fsp3) is 0.296. The molecule has 0 fully saturated rings. The van der Waals surface area contributed by atoms with Gasteiger partial charge in [0.1, 0.15) is 10.5 Å². The van der Waals surface area contributed by atoms with Crippen molar-refractivity contribution in [2.75, 3.05) is 19.4 Å². The highest BCUT2D eigenvalue weighted by atomic mass is 35.5. The van der Waals surface area contributed by atoms with Crippen molar-refractivity contribution in [2.24, 2.45) is 0 Å². The van der Waals surface area contributed by atoms with Gasteiger partial charge in [-0.2, -0.15) is 5.10 Å². The quantitative estimate of drug-likeness (QED) is 0.305. The highest BCUT2D eigenvalue weighted by molar-refractivity contribution is 7.91. The average Bonchev–Trinajstić information content (AvgIpc) is 3.23. The number of carbonyl (C=O) groups excluding carboxylic acids is 2. The molecule has 39 heavy (non-hydrogen) atoms. The Kier molecular flexibility index (Phi) is 9.33. The molecule has 1 amide bonds. The molecule has 0 atom stereocenters. The Balaban J connectivity index is 2.06. The summed E-state index contributed by atoms with van der Waals surface area (Å²) in [6, 6.07) is 11.2. The molecule has 0 saturated heterocycles. The number of sulfone groups is 1. The lowest BCUT2D eigenvalue weighted by Crippen LogP contribution is -2.32. The number of hydrogen-bond donors (Lipinski definition) is 1. The van der Waals surface area contributed by atoms with Crippen molar-refractivity contribution < 1.29 is 27.5 Å². The van der Waals surface area contributed by atoms with Crippen LogP contribution in [0.2, 0.25) is 10.0 Å². The summed E-state index contributed by atoms with van der Waals surface area (Å²) in [5, 5.41) is 7.50. The van der Waals surface area contributed by atoms with E-state index in [1.807, 2.05) is 0 Å². The van der Waals surface area contributed by atoms with Crippen LogP contribution in [0.25, 0.3) is 16.9 Å². The molecule has 206 valence electrons. The van der Waals surface area contributed by atoms with Crippen molar-refractivity contribution in [1.82, 2.24) is 15.1 Å². The van der Waals surface area contributed by atoms with E-state index in [4.69, 9.17) is 32.7 Å². The summed E-state index contributed by atoms with van der Waals surface area (Å²) in [6.45, 7) is 6.96. The Bertz CT molecular complexity index is 1560. The maximum atomic E-state index is 12.9. The minimum atomic E-state index is -3.95. The van der Waals surface area contributed by atoms with Crippen molar-refractivity contribution in [3.63, 3.8) is 0 Å². The first-order valence-electron chi connectivity index (χ1n) is 11.7. The zero-order valence-electron chi connectivity index (χ0n) is 22.0. The number of carbonyl (C=O) groups is 2. The number of aromatic nitrogens is 2. The van der Waals surface area contributed by atoms with E-state index >= 15 is 0 Å². The number of nitrogens with one attached hydrogen (secondary N) is 1. The molecule has 1 N–H and O–H groups in total. The smallest absolute Gasteiger partial charge is 0.408 e. The van der Waals surface area contributed by atoms with Crippen LogP contribution < -0.4 is 5.32 Å². The molecule has 9 nitrogen and oxygen atoms in total. The van der Waals surface area contributed by atoms with Crippen molar-refractivity contribution in [3.8, 4) is 28.8 Å². The number of alkyl carbamates (subject to hydrolysis) is 1. The number of nitrogens with zero attached hydrogens (tertiary/aromatic N) is 2. The van der Waals surface area contributed by atoms with Crippen LogP contribution in [0.1, 0.15) is 43.7 Å². The van der Waals surface area contributed by atoms with Crippen molar-refractivity contribution in [3.05, 3.63) is 63.8 Å². The molecule has 0 unspecified atom stereocenters. The molecule has 0 aliphatic carbocycles. The fourth-order valence-electron chi connectivity index (χ4n) is 3.46. The van der Waals surface area contributed by atoms with Gasteiger partial charge >= 0.3 is 12.1 Å². The maximum absolute atomic E-state index is 12.9. The SMILES string of the molecule is CCOC(=O)c1nn(-c2ccc(C#CCNC(=O)OC(C)(C)C)cc2Cl)c(-c2ccc(Cl)cc2)c1S(C)(=O)=O. The topological polar surface area (TPSA) is 117 Å². The summed E-state index contributed by atoms with van der Waals surface area (Å²) in [7, 11) is -3.95. The van der Waals surface area contributed by atoms with Gasteiger partial charge in [-0.25, -0.2) is 22.7 Å². The van der Waals surface area contributed by atoms with Gasteiger partial charge in [0.2, 0.25) is 0 Å². The van der Waals surface area contributed by atoms with E-state index in [1.54, 1.807) is 70.2 Å². The number of rotatable bonds is 6. The highest BCUT2D eigenvalue weighted by Gasteiger charge is 2.32. The van der Waals surface area contributed by atoms with Gasteiger partial charge in [0.05, 0.1) is 29.6 Å². The van der Waals surface area contributed by atoms with E-state index in [2.05, 4.69) is 22.3 Å². The number of amides is 1. The van der Waals surface area contributed by atoms with Crippen molar-refractivity contribution >= 4 is 45.1 Å². The van der Waals surface area contributed by atoms with E-state index in [1.165, 1.54) is 4.68 Å². The van der Waals surface area contributed by atoms with Gasteiger partial charge in [0, 0.05) is 22.4 Å². The minimum Gasteiger partial charge on any atom is -0.461 e. The minimum absolute atomic E-state index is 0.0298.